The Morgan fingerprint density at radius 3 is 2.42 bits per heavy atom. The summed E-state index contributed by atoms with van der Waals surface area (Å²) in [5.74, 6) is -0.253. The van der Waals surface area contributed by atoms with Gasteiger partial charge in [0, 0.05) is 35.1 Å². The number of amides is 2. The van der Waals surface area contributed by atoms with E-state index in [4.69, 9.17) is 0 Å². The van der Waals surface area contributed by atoms with Gasteiger partial charge in [-0.1, -0.05) is 80.1 Å². The summed E-state index contributed by atoms with van der Waals surface area (Å²) in [7, 11) is 0. The van der Waals surface area contributed by atoms with Crippen LogP contribution < -0.4 is 5.32 Å². The summed E-state index contributed by atoms with van der Waals surface area (Å²) < 4.78 is 0. The van der Waals surface area contributed by atoms with E-state index in [1.807, 2.05) is 43.3 Å². The standard InChI is InChI=1S/C32H36N4O2/c1-5-35(6-2)20-19-33-31(37)22(4)36-30(24-11-7-8-12-25(24)32(36)38)28-26-13-9-10-14-27(26)34-29(28)23-17-15-21(3)16-18-23/h7-18,22,30,34H,5-6,19-20H2,1-4H3,(H,33,37). The van der Waals surface area contributed by atoms with Crippen molar-refractivity contribution in [3.05, 3.63) is 95.1 Å². The zero-order chi connectivity index (χ0) is 26.8. The van der Waals surface area contributed by atoms with E-state index in [9.17, 15) is 9.59 Å². The van der Waals surface area contributed by atoms with Gasteiger partial charge in [-0.2, -0.15) is 0 Å². The van der Waals surface area contributed by atoms with Crippen molar-refractivity contribution in [1.29, 1.82) is 0 Å². The topological polar surface area (TPSA) is 68.4 Å². The molecule has 0 bridgehead atoms. The van der Waals surface area contributed by atoms with Crippen LogP contribution in [0.4, 0.5) is 0 Å². The number of nitrogens with zero attached hydrogens (tertiary/aromatic N) is 2. The highest BCUT2D eigenvalue weighted by molar-refractivity contribution is 6.04. The van der Waals surface area contributed by atoms with Gasteiger partial charge >= 0.3 is 0 Å². The molecule has 1 aliphatic heterocycles. The molecule has 2 heterocycles. The molecular weight excluding hydrogens is 472 g/mol. The van der Waals surface area contributed by atoms with Crippen LogP contribution in [0.1, 0.15) is 53.9 Å². The third kappa shape index (κ3) is 4.61. The summed E-state index contributed by atoms with van der Waals surface area (Å²) in [6, 6.07) is 23.3. The third-order valence-electron chi connectivity index (χ3n) is 7.78. The zero-order valence-electron chi connectivity index (χ0n) is 22.6. The van der Waals surface area contributed by atoms with Gasteiger partial charge in [-0.3, -0.25) is 9.59 Å². The van der Waals surface area contributed by atoms with Gasteiger partial charge < -0.3 is 20.1 Å². The summed E-state index contributed by atoms with van der Waals surface area (Å²) in [6.07, 6.45) is 0. The molecule has 5 rings (SSSR count). The second kappa shape index (κ2) is 10.8. The van der Waals surface area contributed by atoms with E-state index in [1.165, 1.54) is 5.56 Å². The normalized spacial score (nSPS) is 15.8. The molecule has 6 heteroatoms. The molecule has 1 aliphatic rings. The van der Waals surface area contributed by atoms with E-state index in [0.29, 0.717) is 12.1 Å². The number of hydrogen-bond acceptors (Lipinski definition) is 3. The van der Waals surface area contributed by atoms with Gasteiger partial charge in [0.1, 0.15) is 6.04 Å². The third-order valence-corrected chi connectivity index (χ3v) is 7.78. The smallest absolute Gasteiger partial charge is 0.255 e. The lowest BCUT2D eigenvalue weighted by atomic mass is 9.92. The molecule has 2 unspecified atom stereocenters. The van der Waals surface area contributed by atoms with Crippen molar-refractivity contribution in [2.75, 3.05) is 26.2 Å². The highest BCUT2D eigenvalue weighted by Crippen LogP contribution is 2.46. The van der Waals surface area contributed by atoms with Crippen LogP contribution in [0.25, 0.3) is 22.2 Å². The molecule has 196 valence electrons. The molecule has 0 fully saturated rings. The number of aromatic nitrogens is 1. The number of aryl methyl sites for hydroxylation is 1. The fraction of sp³-hybridized carbons (Fsp3) is 0.312. The molecule has 2 N–H and O–H groups in total. The number of fused-ring (bicyclic) bond motifs is 2. The summed E-state index contributed by atoms with van der Waals surface area (Å²) in [6.45, 7) is 11.3. The number of rotatable bonds is 9. The van der Waals surface area contributed by atoms with Crippen LogP contribution in [-0.2, 0) is 4.79 Å². The Bertz CT molecular complexity index is 1450. The van der Waals surface area contributed by atoms with Gasteiger partial charge in [-0.25, -0.2) is 0 Å². The molecule has 3 aromatic carbocycles. The highest BCUT2D eigenvalue weighted by atomic mass is 16.2. The van der Waals surface area contributed by atoms with Crippen LogP contribution in [0.5, 0.6) is 0 Å². The number of carbonyl (C=O) groups is 2. The Labute approximate surface area is 224 Å². The van der Waals surface area contributed by atoms with Crippen LogP contribution in [0, 0.1) is 6.92 Å². The Hall–Kier alpha value is -3.90. The molecule has 2 atom stereocenters. The van der Waals surface area contributed by atoms with Crippen molar-refractivity contribution in [3.8, 4) is 11.3 Å². The van der Waals surface area contributed by atoms with Gasteiger partial charge in [0.2, 0.25) is 5.91 Å². The lowest BCUT2D eigenvalue weighted by Gasteiger charge is -2.31. The molecule has 0 radical (unpaired) electrons. The molecule has 0 saturated carbocycles. The molecule has 0 saturated heterocycles. The first kappa shape index (κ1) is 25.7. The monoisotopic (exact) mass is 508 g/mol. The predicted octanol–water partition coefficient (Wildman–Crippen LogP) is 5.54. The van der Waals surface area contributed by atoms with E-state index in [2.05, 4.69) is 72.4 Å². The maximum Gasteiger partial charge on any atom is 0.255 e. The van der Waals surface area contributed by atoms with Gasteiger partial charge in [0.25, 0.3) is 5.91 Å². The number of benzene rings is 3. The summed E-state index contributed by atoms with van der Waals surface area (Å²) in [4.78, 5) is 35.0. The highest BCUT2D eigenvalue weighted by Gasteiger charge is 2.44. The van der Waals surface area contributed by atoms with Crippen molar-refractivity contribution in [2.45, 2.75) is 39.8 Å². The molecule has 0 aliphatic carbocycles. The Morgan fingerprint density at radius 2 is 1.68 bits per heavy atom. The summed E-state index contributed by atoms with van der Waals surface area (Å²) in [5.41, 5.74) is 6.81. The first-order chi connectivity index (χ1) is 18.4. The summed E-state index contributed by atoms with van der Waals surface area (Å²) >= 11 is 0. The Morgan fingerprint density at radius 1 is 1.00 bits per heavy atom. The molecule has 38 heavy (non-hydrogen) atoms. The lowest BCUT2D eigenvalue weighted by molar-refractivity contribution is -0.125. The van der Waals surface area contributed by atoms with Crippen LogP contribution in [0.2, 0.25) is 0 Å². The average Bonchev–Trinajstić information content (AvgIpc) is 3.46. The van der Waals surface area contributed by atoms with E-state index >= 15 is 0 Å². The predicted molar refractivity (Wildman–Crippen MR) is 153 cm³/mol. The van der Waals surface area contributed by atoms with Crippen LogP contribution in [0.3, 0.4) is 0 Å². The van der Waals surface area contributed by atoms with E-state index < -0.39 is 12.1 Å². The molecule has 1 aromatic heterocycles. The number of likely N-dealkylation sites (N-methyl/N-ethyl adjacent to an activating group) is 1. The first-order valence-electron chi connectivity index (χ1n) is 13.5. The number of carbonyl (C=O) groups excluding carboxylic acids is 2. The van der Waals surface area contributed by atoms with Crippen LogP contribution in [0.15, 0.2) is 72.8 Å². The van der Waals surface area contributed by atoms with Crippen LogP contribution >= 0.6 is 0 Å². The van der Waals surface area contributed by atoms with Crippen molar-refractivity contribution in [1.82, 2.24) is 20.1 Å². The van der Waals surface area contributed by atoms with Gasteiger partial charge in [-0.05, 0) is 50.2 Å². The quantitative estimate of drug-likeness (QED) is 0.312. The number of aromatic amines is 1. The van der Waals surface area contributed by atoms with E-state index in [-0.39, 0.29) is 11.8 Å². The van der Waals surface area contributed by atoms with Crippen molar-refractivity contribution in [3.63, 3.8) is 0 Å². The van der Waals surface area contributed by atoms with Crippen molar-refractivity contribution in [2.24, 2.45) is 0 Å². The molecular formula is C32H36N4O2. The molecule has 2 amide bonds. The van der Waals surface area contributed by atoms with Crippen molar-refractivity contribution >= 4 is 22.7 Å². The second-order valence-electron chi connectivity index (χ2n) is 10.0. The Kier molecular flexibility index (Phi) is 7.34. The minimum atomic E-state index is -0.642. The fourth-order valence-corrected chi connectivity index (χ4v) is 5.58. The first-order valence-corrected chi connectivity index (χ1v) is 13.5. The van der Waals surface area contributed by atoms with Gasteiger partial charge in [-0.15, -0.1) is 0 Å². The minimum absolute atomic E-state index is 0.114. The fourth-order valence-electron chi connectivity index (χ4n) is 5.58. The van der Waals surface area contributed by atoms with Gasteiger partial charge in [0.05, 0.1) is 11.7 Å². The SMILES string of the molecule is CCN(CC)CCNC(=O)C(C)N1C(=O)c2ccccc2C1c1c(-c2ccc(C)cc2)[nH]c2ccccc12. The number of H-pyrrole nitrogens is 1. The Balaban J connectivity index is 1.59. The summed E-state index contributed by atoms with van der Waals surface area (Å²) in [5, 5.41) is 4.13. The van der Waals surface area contributed by atoms with E-state index in [0.717, 1.165) is 52.9 Å². The average molecular weight is 509 g/mol. The van der Waals surface area contributed by atoms with Gasteiger partial charge in [0.15, 0.2) is 0 Å². The van der Waals surface area contributed by atoms with E-state index in [1.54, 1.807) is 4.90 Å². The zero-order valence-corrected chi connectivity index (χ0v) is 22.6. The lowest BCUT2D eigenvalue weighted by Crippen LogP contribution is -2.48. The second-order valence-corrected chi connectivity index (χ2v) is 10.0. The minimum Gasteiger partial charge on any atom is -0.354 e. The molecule has 0 spiro atoms. The molecule has 4 aromatic rings. The molecule has 6 nitrogen and oxygen atoms in total. The maximum absolute atomic E-state index is 13.9. The number of para-hydroxylation sites is 1. The largest absolute Gasteiger partial charge is 0.354 e. The van der Waals surface area contributed by atoms with Crippen molar-refractivity contribution < 1.29 is 9.59 Å². The maximum atomic E-state index is 13.9. The van der Waals surface area contributed by atoms with Crippen LogP contribution in [-0.4, -0.2) is 58.8 Å². The number of nitrogens with one attached hydrogen (secondary N) is 2. The number of hydrogen-bond donors (Lipinski definition) is 2.